The van der Waals surface area contributed by atoms with Gasteiger partial charge in [-0.15, -0.1) is 0 Å². The van der Waals surface area contributed by atoms with Crippen molar-refractivity contribution in [1.82, 2.24) is 5.32 Å². The summed E-state index contributed by atoms with van der Waals surface area (Å²) in [6.45, 7) is 9.55. The average molecular weight is 248 g/mol. The van der Waals surface area contributed by atoms with E-state index in [4.69, 9.17) is 0 Å². The van der Waals surface area contributed by atoms with Gasteiger partial charge < -0.3 is 10.6 Å². The topological polar surface area (TPSA) is 41.1 Å². The molecule has 0 heterocycles. The molecular weight excluding hydrogens is 224 g/mol. The fourth-order valence-corrected chi connectivity index (χ4v) is 1.60. The second-order valence-corrected chi connectivity index (χ2v) is 5.19. The molecule has 0 saturated carbocycles. The third kappa shape index (κ3) is 5.21. The molecule has 0 bridgehead atoms. The predicted octanol–water partition coefficient (Wildman–Crippen LogP) is 2.88. The van der Waals surface area contributed by atoms with Gasteiger partial charge in [-0.25, -0.2) is 0 Å². The highest BCUT2D eigenvalue weighted by Crippen LogP contribution is 2.13. The first-order chi connectivity index (χ1) is 8.49. The van der Waals surface area contributed by atoms with Gasteiger partial charge in [-0.2, -0.15) is 0 Å². The van der Waals surface area contributed by atoms with Gasteiger partial charge in [-0.05, 0) is 49.4 Å². The van der Waals surface area contributed by atoms with E-state index in [9.17, 15) is 4.79 Å². The number of anilines is 1. The molecule has 2 N–H and O–H groups in total. The molecule has 1 aromatic rings. The van der Waals surface area contributed by atoms with Crippen LogP contribution < -0.4 is 10.6 Å². The molecule has 18 heavy (non-hydrogen) atoms. The van der Waals surface area contributed by atoms with E-state index in [0.717, 1.165) is 18.7 Å². The predicted molar refractivity (Wildman–Crippen MR) is 76.9 cm³/mol. The lowest BCUT2D eigenvalue weighted by Crippen LogP contribution is -2.31. The van der Waals surface area contributed by atoms with E-state index in [1.807, 2.05) is 6.07 Å². The average Bonchev–Trinajstić information content (AvgIpc) is 2.30. The summed E-state index contributed by atoms with van der Waals surface area (Å²) in [6, 6.07) is 6.13. The highest BCUT2D eigenvalue weighted by atomic mass is 16.1. The van der Waals surface area contributed by atoms with Crippen LogP contribution in [0.15, 0.2) is 18.2 Å². The number of rotatable bonds is 6. The Labute approximate surface area is 110 Å². The molecule has 0 aromatic heterocycles. The van der Waals surface area contributed by atoms with E-state index < -0.39 is 0 Å². The lowest BCUT2D eigenvalue weighted by atomic mass is 10.1. The van der Waals surface area contributed by atoms with Crippen molar-refractivity contribution in [3.63, 3.8) is 0 Å². The quantitative estimate of drug-likeness (QED) is 0.812. The van der Waals surface area contributed by atoms with E-state index >= 15 is 0 Å². The lowest BCUT2D eigenvalue weighted by Gasteiger charge is -2.10. The Morgan fingerprint density at radius 1 is 1.22 bits per heavy atom. The van der Waals surface area contributed by atoms with Crippen LogP contribution in [0.5, 0.6) is 0 Å². The summed E-state index contributed by atoms with van der Waals surface area (Å²) >= 11 is 0. The Bertz CT molecular complexity index is 399. The summed E-state index contributed by atoms with van der Waals surface area (Å²) in [7, 11) is 0. The van der Waals surface area contributed by atoms with E-state index in [1.54, 1.807) is 0 Å². The molecule has 3 nitrogen and oxygen atoms in total. The molecule has 0 atom stereocenters. The zero-order chi connectivity index (χ0) is 13.5. The Morgan fingerprint density at radius 3 is 2.56 bits per heavy atom. The van der Waals surface area contributed by atoms with Crippen molar-refractivity contribution in [3.05, 3.63) is 29.3 Å². The van der Waals surface area contributed by atoms with Crippen LogP contribution in [0.25, 0.3) is 0 Å². The lowest BCUT2D eigenvalue weighted by molar-refractivity contribution is -0.119. The van der Waals surface area contributed by atoms with Gasteiger partial charge in [0.1, 0.15) is 0 Å². The van der Waals surface area contributed by atoms with E-state index in [2.05, 4.69) is 50.5 Å². The summed E-state index contributed by atoms with van der Waals surface area (Å²) in [5.74, 6) is 0.673. The van der Waals surface area contributed by atoms with Gasteiger partial charge in [0.25, 0.3) is 0 Å². The number of carbonyl (C=O) groups is 1. The van der Waals surface area contributed by atoms with Crippen molar-refractivity contribution in [2.45, 2.75) is 34.1 Å². The van der Waals surface area contributed by atoms with Crippen molar-refractivity contribution in [1.29, 1.82) is 0 Å². The molecule has 0 aliphatic rings. The first-order valence-corrected chi connectivity index (χ1v) is 6.57. The maximum Gasteiger partial charge on any atom is 0.239 e. The molecule has 3 heteroatoms. The monoisotopic (exact) mass is 248 g/mol. The van der Waals surface area contributed by atoms with Crippen LogP contribution in [0.2, 0.25) is 0 Å². The van der Waals surface area contributed by atoms with Crippen LogP contribution in [-0.4, -0.2) is 19.0 Å². The number of hydrogen-bond donors (Lipinski definition) is 2. The third-order valence-corrected chi connectivity index (χ3v) is 3.00. The summed E-state index contributed by atoms with van der Waals surface area (Å²) in [4.78, 5) is 11.6. The molecule has 0 saturated heterocycles. The first kappa shape index (κ1) is 14.6. The summed E-state index contributed by atoms with van der Waals surface area (Å²) in [6.07, 6.45) is 1.02. The zero-order valence-corrected chi connectivity index (χ0v) is 11.8. The number of hydrogen-bond acceptors (Lipinski definition) is 2. The van der Waals surface area contributed by atoms with E-state index in [-0.39, 0.29) is 5.91 Å². The molecular formula is C15H24N2O. The standard InChI is InChI=1S/C15H24N2O/c1-11(2)7-8-16-15(18)10-17-14-6-5-12(3)13(4)9-14/h5-6,9,11,17H,7-8,10H2,1-4H3,(H,16,18). The minimum atomic E-state index is 0.0499. The van der Waals surface area contributed by atoms with Gasteiger partial charge >= 0.3 is 0 Å². The van der Waals surface area contributed by atoms with Crippen molar-refractivity contribution in [2.75, 3.05) is 18.4 Å². The first-order valence-electron chi connectivity index (χ1n) is 6.57. The van der Waals surface area contributed by atoms with Crippen molar-refractivity contribution in [3.8, 4) is 0 Å². The Balaban J connectivity index is 2.31. The Morgan fingerprint density at radius 2 is 1.94 bits per heavy atom. The molecule has 0 spiro atoms. The van der Waals surface area contributed by atoms with Gasteiger partial charge in [0.05, 0.1) is 6.54 Å². The van der Waals surface area contributed by atoms with Crippen LogP contribution in [0.3, 0.4) is 0 Å². The van der Waals surface area contributed by atoms with Crippen molar-refractivity contribution >= 4 is 11.6 Å². The Hall–Kier alpha value is -1.51. The van der Waals surface area contributed by atoms with Crippen molar-refractivity contribution in [2.24, 2.45) is 5.92 Å². The summed E-state index contributed by atoms with van der Waals surface area (Å²) in [5, 5.41) is 6.05. The minimum Gasteiger partial charge on any atom is -0.376 e. The number of amides is 1. The number of carbonyl (C=O) groups excluding carboxylic acids is 1. The minimum absolute atomic E-state index is 0.0499. The fourth-order valence-electron chi connectivity index (χ4n) is 1.60. The smallest absolute Gasteiger partial charge is 0.239 e. The van der Waals surface area contributed by atoms with Gasteiger partial charge in [-0.3, -0.25) is 4.79 Å². The second-order valence-electron chi connectivity index (χ2n) is 5.19. The molecule has 1 rings (SSSR count). The largest absolute Gasteiger partial charge is 0.376 e. The molecule has 0 unspecified atom stereocenters. The highest BCUT2D eigenvalue weighted by Gasteiger charge is 2.02. The maximum atomic E-state index is 11.6. The maximum absolute atomic E-state index is 11.6. The second kappa shape index (κ2) is 7.04. The number of benzene rings is 1. The Kier molecular flexibility index (Phi) is 5.69. The van der Waals surface area contributed by atoms with Gasteiger partial charge in [-0.1, -0.05) is 19.9 Å². The van der Waals surface area contributed by atoms with Crippen molar-refractivity contribution < 1.29 is 4.79 Å². The molecule has 0 fully saturated rings. The van der Waals surface area contributed by atoms with Gasteiger partial charge in [0.2, 0.25) is 5.91 Å². The van der Waals surface area contributed by atoms with Gasteiger partial charge in [0, 0.05) is 12.2 Å². The zero-order valence-electron chi connectivity index (χ0n) is 11.8. The molecule has 1 amide bonds. The van der Waals surface area contributed by atoms with Crippen LogP contribution >= 0.6 is 0 Å². The number of nitrogens with one attached hydrogen (secondary N) is 2. The summed E-state index contributed by atoms with van der Waals surface area (Å²) in [5.41, 5.74) is 3.50. The van der Waals surface area contributed by atoms with Crippen LogP contribution in [0.4, 0.5) is 5.69 Å². The van der Waals surface area contributed by atoms with Crippen LogP contribution in [0, 0.1) is 19.8 Å². The van der Waals surface area contributed by atoms with Gasteiger partial charge in [0.15, 0.2) is 0 Å². The molecule has 100 valence electrons. The molecule has 0 aliphatic carbocycles. The fraction of sp³-hybridized carbons (Fsp3) is 0.533. The number of aryl methyl sites for hydroxylation is 2. The normalized spacial score (nSPS) is 10.5. The SMILES string of the molecule is Cc1ccc(NCC(=O)NCCC(C)C)cc1C. The van der Waals surface area contributed by atoms with Crippen LogP contribution in [-0.2, 0) is 4.79 Å². The highest BCUT2D eigenvalue weighted by molar-refractivity contribution is 5.80. The molecule has 1 aromatic carbocycles. The van der Waals surface area contributed by atoms with E-state index in [0.29, 0.717) is 12.5 Å². The molecule has 0 aliphatic heterocycles. The van der Waals surface area contributed by atoms with E-state index in [1.165, 1.54) is 11.1 Å². The third-order valence-electron chi connectivity index (χ3n) is 3.00. The summed E-state index contributed by atoms with van der Waals surface area (Å²) < 4.78 is 0. The van der Waals surface area contributed by atoms with Crippen LogP contribution in [0.1, 0.15) is 31.4 Å². The molecule has 0 radical (unpaired) electrons.